The lowest BCUT2D eigenvalue weighted by Gasteiger charge is -2.07. The van der Waals surface area contributed by atoms with E-state index in [1.165, 1.54) is 18.2 Å². The van der Waals surface area contributed by atoms with Gasteiger partial charge in [0.15, 0.2) is 0 Å². The van der Waals surface area contributed by atoms with Crippen LogP contribution >= 0.6 is 0 Å². The van der Waals surface area contributed by atoms with Gasteiger partial charge in [0.2, 0.25) is 5.78 Å². The van der Waals surface area contributed by atoms with Gasteiger partial charge in [0.25, 0.3) is 0 Å². The fraction of sp³-hybridized carbons (Fsp3) is 0.182. The van der Waals surface area contributed by atoms with Crippen LogP contribution in [0.3, 0.4) is 0 Å². The van der Waals surface area contributed by atoms with Gasteiger partial charge in [0.05, 0.1) is 11.6 Å². The second-order valence-corrected chi connectivity index (χ2v) is 2.95. The Morgan fingerprint density at radius 2 is 2.13 bits per heavy atom. The van der Waals surface area contributed by atoms with Crippen molar-refractivity contribution in [1.82, 2.24) is 0 Å². The van der Waals surface area contributed by atoms with Gasteiger partial charge in [-0.05, 0) is 30.2 Å². The zero-order valence-electron chi connectivity index (χ0n) is 8.11. The van der Waals surface area contributed by atoms with E-state index in [2.05, 4.69) is 0 Å². The van der Waals surface area contributed by atoms with E-state index in [1.54, 1.807) is 6.92 Å². The number of carbonyl (C=O) groups excluding carboxylic acids is 2. The molecule has 0 fully saturated rings. The lowest BCUT2D eigenvalue weighted by atomic mass is 9.99. The van der Waals surface area contributed by atoms with Crippen LogP contribution in [0.4, 0.5) is 0 Å². The first-order valence-electron chi connectivity index (χ1n) is 4.38. The Bertz CT molecular complexity index is 457. The molecular formula is C11H8NO3-. The number of nitrogens with zero attached hydrogens (tertiary/aromatic N) is 1. The largest absolute Gasteiger partial charge is 0.541 e. The van der Waals surface area contributed by atoms with Crippen LogP contribution in [-0.4, -0.2) is 11.8 Å². The molecule has 0 aliphatic heterocycles. The molecular weight excluding hydrogens is 194 g/mol. The van der Waals surface area contributed by atoms with Crippen molar-refractivity contribution in [3.63, 3.8) is 0 Å². The van der Waals surface area contributed by atoms with Gasteiger partial charge in [-0.2, -0.15) is 5.26 Å². The molecule has 0 aliphatic carbocycles. The van der Waals surface area contributed by atoms with Crippen LogP contribution in [0.15, 0.2) is 18.2 Å². The van der Waals surface area contributed by atoms with Crippen molar-refractivity contribution in [2.24, 2.45) is 0 Å². The number of rotatable bonds is 3. The number of ketones is 1. The fourth-order valence-corrected chi connectivity index (χ4v) is 1.29. The molecule has 0 aliphatic rings. The monoisotopic (exact) mass is 202 g/mol. The second-order valence-electron chi connectivity index (χ2n) is 2.95. The number of aryl methyl sites for hydroxylation is 1. The summed E-state index contributed by atoms with van der Waals surface area (Å²) in [7, 11) is 0. The third-order valence-electron chi connectivity index (χ3n) is 2.05. The molecule has 0 saturated heterocycles. The highest BCUT2D eigenvalue weighted by Crippen LogP contribution is 2.13. The minimum Gasteiger partial charge on any atom is -0.541 e. The summed E-state index contributed by atoms with van der Waals surface area (Å²) in [4.78, 5) is 21.6. The third-order valence-corrected chi connectivity index (χ3v) is 2.05. The maximum atomic E-state index is 11.2. The summed E-state index contributed by atoms with van der Waals surface area (Å²) in [5, 5.41) is 19.0. The van der Waals surface area contributed by atoms with Gasteiger partial charge in [0.1, 0.15) is 5.97 Å². The van der Waals surface area contributed by atoms with Gasteiger partial charge in [-0.25, -0.2) is 0 Å². The molecule has 15 heavy (non-hydrogen) atoms. The number of aliphatic carboxylic acids is 1. The van der Waals surface area contributed by atoms with Crippen molar-refractivity contribution in [2.75, 3.05) is 0 Å². The Morgan fingerprint density at radius 3 is 2.60 bits per heavy atom. The lowest BCUT2D eigenvalue weighted by molar-refractivity contribution is -0.296. The maximum absolute atomic E-state index is 11.2. The summed E-state index contributed by atoms with van der Waals surface area (Å²) in [6, 6.07) is 6.19. The predicted molar refractivity (Wildman–Crippen MR) is 49.9 cm³/mol. The number of Topliss-reactive ketones (excluding diaryl/α,β-unsaturated/α-hetero) is 1. The van der Waals surface area contributed by atoms with E-state index in [9.17, 15) is 14.7 Å². The van der Waals surface area contributed by atoms with Crippen molar-refractivity contribution in [2.45, 2.75) is 13.3 Å². The van der Waals surface area contributed by atoms with Crippen LogP contribution in [0, 0.1) is 11.3 Å². The van der Waals surface area contributed by atoms with Crippen LogP contribution in [0.25, 0.3) is 0 Å². The SMILES string of the molecule is CCc1cc(C#N)ccc1C(=O)C(=O)[O-]. The molecule has 0 amide bonds. The van der Waals surface area contributed by atoms with Gasteiger partial charge in [-0.15, -0.1) is 0 Å². The van der Waals surface area contributed by atoms with Crippen molar-refractivity contribution >= 4 is 11.8 Å². The van der Waals surface area contributed by atoms with Crippen LogP contribution in [-0.2, 0) is 11.2 Å². The summed E-state index contributed by atoms with van der Waals surface area (Å²) in [6.07, 6.45) is 0.490. The van der Waals surface area contributed by atoms with Gasteiger partial charge in [-0.3, -0.25) is 4.79 Å². The minimum atomic E-state index is -1.73. The zero-order chi connectivity index (χ0) is 11.4. The van der Waals surface area contributed by atoms with Gasteiger partial charge in [-0.1, -0.05) is 6.92 Å². The number of hydrogen-bond donors (Lipinski definition) is 0. The average molecular weight is 202 g/mol. The van der Waals surface area contributed by atoms with Gasteiger partial charge in [0, 0.05) is 5.56 Å². The quantitative estimate of drug-likeness (QED) is 0.512. The molecule has 0 N–H and O–H groups in total. The van der Waals surface area contributed by atoms with Crippen LogP contribution < -0.4 is 5.11 Å². The molecule has 0 saturated carbocycles. The van der Waals surface area contributed by atoms with Crippen molar-refractivity contribution in [3.8, 4) is 6.07 Å². The zero-order valence-corrected chi connectivity index (χ0v) is 8.11. The van der Waals surface area contributed by atoms with E-state index in [1.807, 2.05) is 6.07 Å². The van der Waals surface area contributed by atoms with E-state index in [0.29, 0.717) is 17.5 Å². The Labute approximate surface area is 86.8 Å². The predicted octanol–water partition coefficient (Wildman–Crippen LogP) is 0.0533. The summed E-state index contributed by atoms with van der Waals surface area (Å²) in [6.45, 7) is 1.78. The van der Waals surface area contributed by atoms with Gasteiger partial charge >= 0.3 is 0 Å². The van der Waals surface area contributed by atoms with Crippen LogP contribution in [0.1, 0.15) is 28.4 Å². The number of carbonyl (C=O) groups is 2. The van der Waals surface area contributed by atoms with Crippen molar-refractivity contribution in [1.29, 1.82) is 5.26 Å². The maximum Gasteiger partial charge on any atom is 0.208 e. The molecule has 0 atom stereocenters. The standard InChI is InChI=1S/C11H9NO3/c1-2-8-5-7(6-12)3-4-9(8)10(13)11(14)15/h3-5H,2H2,1H3,(H,14,15)/p-1. The first-order chi connectivity index (χ1) is 7.10. The molecule has 0 radical (unpaired) electrons. The Morgan fingerprint density at radius 1 is 1.47 bits per heavy atom. The smallest absolute Gasteiger partial charge is 0.208 e. The normalized spacial score (nSPS) is 9.33. The van der Waals surface area contributed by atoms with E-state index in [0.717, 1.165) is 0 Å². The van der Waals surface area contributed by atoms with Crippen LogP contribution in [0.2, 0.25) is 0 Å². The molecule has 4 nitrogen and oxygen atoms in total. The average Bonchev–Trinajstić information content (AvgIpc) is 2.27. The molecule has 76 valence electrons. The van der Waals surface area contributed by atoms with E-state index < -0.39 is 11.8 Å². The van der Waals surface area contributed by atoms with E-state index in [-0.39, 0.29) is 5.56 Å². The molecule has 0 spiro atoms. The highest BCUT2D eigenvalue weighted by atomic mass is 16.4. The molecule has 1 rings (SSSR count). The molecule has 0 bridgehead atoms. The van der Waals surface area contributed by atoms with Gasteiger partial charge < -0.3 is 9.90 Å². The molecule has 1 aromatic carbocycles. The Balaban J connectivity index is 3.26. The highest BCUT2D eigenvalue weighted by molar-refractivity contribution is 6.39. The summed E-state index contributed by atoms with van der Waals surface area (Å²) >= 11 is 0. The van der Waals surface area contributed by atoms with E-state index >= 15 is 0 Å². The van der Waals surface area contributed by atoms with Crippen molar-refractivity contribution in [3.05, 3.63) is 34.9 Å². The number of hydrogen-bond acceptors (Lipinski definition) is 4. The number of carboxylic acids is 1. The topological polar surface area (TPSA) is 81.0 Å². The van der Waals surface area contributed by atoms with E-state index in [4.69, 9.17) is 5.26 Å². The lowest BCUT2D eigenvalue weighted by Crippen LogP contribution is -2.32. The van der Waals surface area contributed by atoms with Crippen LogP contribution in [0.5, 0.6) is 0 Å². The molecule has 0 heterocycles. The Hall–Kier alpha value is -2.15. The molecule has 0 aromatic heterocycles. The summed E-state index contributed by atoms with van der Waals surface area (Å²) in [5.74, 6) is -2.77. The number of benzene rings is 1. The first kappa shape index (κ1) is 10.9. The third kappa shape index (κ3) is 2.20. The first-order valence-corrected chi connectivity index (χ1v) is 4.38. The molecule has 1 aromatic rings. The molecule has 4 heteroatoms. The number of nitriles is 1. The summed E-state index contributed by atoms with van der Waals surface area (Å²) < 4.78 is 0. The number of carboxylic acid groups (broad SMARTS) is 1. The summed E-state index contributed by atoms with van der Waals surface area (Å²) in [5.41, 5.74) is 1.04. The fourth-order valence-electron chi connectivity index (χ4n) is 1.29. The van der Waals surface area contributed by atoms with Crippen molar-refractivity contribution < 1.29 is 14.7 Å². The highest BCUT2D eigenvalue weighted by Gasteiger charge is 2.11. The second kappa shape index (κ2) is 4.38. The molecule has 0 unspecified atom stereocenters. The Kier molecular flexibility index (Phi) is 3.19. The minimum absolute atomic E-state index is 0.0940.